The van der Waals surface area contributed by atoms with Crippen molar-refractivity contribution >= 4 is 0 Å². The Hall–Kier alpha value is -0.830. The molecule has 1 fully saturated rings. The van der Waals surface area contributed by atoms with Gasteiger partial charge in [-0.3, -0.25) is 0 Å². The van der Waals surface area contributed by atoms with Gasteiger partial charge in [-0.05, 0) is 18.8 Å². The molecule has 0 amide bonds. The van der Waals surface area contributed by atoms with Crippen molar-refractivity contribution in [1.82, 2.24) is 15.3 Å². The van der Waals surface area contributed by atoms with E-state index < -0.39 is 0 Å². The fraction of sp³-hybridized carbons (Fsp3) is 0.727. The number of fused-ring (bicyclic) bond motifs is 2. The molecule has 1 saturated carbocycles. The summed E-state index contributed by atoms with van der Waals surface area (Å²) in [6, 6.07) is 0. The van der Waals surface area contributed by atoms with E-state index in [1.807, 2.05) is 6.33 Å². The van der Waals surface area contributed by atoms with Crippen LogP contribution in [0.4, 0.5) is 0 Å². The fourth-order valence-corrected chi connectivity index (χ4v) is 3.18. The average molecular weight is 191 g/mol. The van der Waals surface area contributed by atoms with Crippen molar-refractivity contribution in [3.05, 3.63) is 17.7 Å². The van der Waals surface area contributed by atoms with Crippen LogP contribution in [0.5, 0.6) is 0 Å². The zero-order valence-electron chi connectivity index (χ0n) is 8.64. The third kappa shape index (κ3) is 0.934. The molecule has 76 valence electrons. The summed E-state index contributed by atoms with van der Waals surface area (Å²) in [5.41, 5.74) is 2.86. The molecule has 0 unspecified atom stereocenters. The molecule has 1 aliphatic carbocycles. The zero-order valence-corrected chi connectivity index (χ0v) is 8.64. The van der Waals surface area contributed by atoms with Crippen LogP contribution in [-0.2, 0) is 12.0 Å². The summed E-state index contributed by atoms with van der Waals surface area (Å²) in [6.07, 6.45) is 6.88. The highest BCUT2D eigenvalue weighted by Gasteiger charge is 2.45. The Balaban J connectivity index is 2.10. The maximum atomic E-state index is 4.52. The van der Waals surface area contributed by atoms with E-state index in [-0.39, 0.29) is 5.54 Å². The summed E-state index contributed by atoms with van der Waals surface area (Å²) in [7, 11) is 0. The van der Waals surface area contributed by atoms with E-state index in [2.05, 4.69) is 22.2 Å². The van der Waals surface area contributed by atoms with E-state index in [4.69, 9.17) is 0 Å². The van der Waals surface area contributed by atoms with Crippen LogP contribution in [0, 0.1) is 5.92 Å². The first-order valence-corrected chi connectivity index (χ1v) is 5.61. The second kappa shape index (κ2) is 2.83. The van der Waals surface area contributed by atoms with Crippen molar-refractivity contribution in [2.45, 2.75) is 38.1 Å². The number of imidazole rings is 1. The SMILES string of the molecule is C[C@H]1CCC[C@]12NCCc1[nH]cnc12. The normalized spacial score (nSPS) is 36.2. The smallest absolute Gasteiger partial charge is 0.0926 e. The van der Waals surface area contributed by atoms with Gasteiger partial charge < -0.3 is 10.3 Å². The Labute approximate surface area is 84.3 Å². The lowest BCUT2D eigenvalue weighted by atomic mass is 9.81. The Morgan fingerprint density at radius 2 is 2.50 bits per heavy atom. The molecular weight excluding hydrogens is 174 g/mol. The number of nitrogens with one attached hydrogen (secondary N) is 2. The first-order valence-electron chi connectivity index (χ1n) is 5.61. The van der Waals surface area contributed by atoms with E-state index in [0.717, 1.165) is 18.9 Å². The molecule has 1 aliphatic heterocycles. The molecule has 1 spiro atoms. The summed E-state index contributed by atoms with van der Waals surface area (Å²) in [5, 5.41) is 3.70. The molecule has 0 bridgehead atoms. The lowest BCUT2D eigenvalue weighted by Gasteiger charge is -2.37. The monoisotopic (exact) mass is 191 g/mol. The van der Waals surface area contributed by atoms with Crippen molar-refractivity contribution in [2.24, 2.45) is 5.92 Å². The van der Waals surface area contributed by atoms with Gasteiger partial charge in [-0.25, -0.2) is 4.98 Å². The molecule has 3 rings (SSSR count). The first kappa shape index (κ1) is 8.48. The van der Waals surface area contributed by atoms with E-state index in [1.165, 1.54) is 30.7 Å². The molecule has 3 nitrogen and oxygen atoms in total. The lowest BCUT2D eigenvalue weighted by Crippen LogP contribution is -2.49. The summed E-state index contributed by atoms with van der Waals surface area (Å²) in [5.74, 6) is 0.727. The molecule has 2 heterocycles. The Bertz CT molecular complexity index is 344. The maximum absolute atomic E-state index is 4.52. The number of rotatable bonds is 0. The minimum Gasteiger partial charge on any atom is -0.348 e. The molecule has 1 aromatic rings. The molecule has 1 aromatic heterocycles. The Morgan fingerprint density at radius 3 is 3.29 bits per heavy atom. The Morgan fingerprint density at radius 1 is 1.57 bits per heavy atom. The molecule has 0 radical (unpaired) electrons. The Kier molecular flexibility index (Phi) is 1.71. The standard InChI is InChI=1S/C11H17N3/c1-8-3-2-5-11(8)10-9(4-6-14-11)12-7-13-10/h7-8,14H,2-6H2,1H3,(H,12,13)/t8-,11-/m0/s1. The molecule has 2 atom stereocenters. The number of nitrogens with zero attached hydrogens (tertiary/aromatic N) is 1. The molecular formula is C11H17N3. The number of aromatic amines is 1. The topological polar surface area (TPSA) is 40.7 Å². The van der Waals surface area contributed by atoms with Crippen LogP contribution in [0.1, 0.15) is 37.6 Å². The summed E-state index contributed by atoms with van der Waals surface area (Å²) >= 11 is 0. The van der Waals surface area contributed by atoms with Gasteiger partial charge in [-0.2, -0.15) is 0 Å². The summed E-state index contributed by atoms with van der Waals surface area (Å²) < 4.78 is 0. The predicted octanol–water partition coefficient (Wildman–Crippen LogP) is 1.57. The highest BCUT2D eigenvalue weighted by Crippen LogP contribution is 2.44. The van der Waals surface area contributed by atoms with Crippen LogP contribution in [-0.4, -0.2) is 16.5 Å². The van der Waals surface area contributed by atoms with Crippen molar-refractivity contribution < 1.29 is 0 Å². The fourth-order valence-electron chi connectivity index (χ4n) is 3.18. The number of hydrogen-bond acceptors (Lipinski definition) is 2. The van der Waals surface area contributed by atoms with Crippen LogP contribution in [0.2, 0.25) is 0 Å². The predicted molar refractivity (Wildman–Crippen MR) is 55.0 cm³/mol. The van der Waals surface area contributed by atoms with Crippen LogP contribution in [0.25, 0.3) is 0 Å². The third-order valence-corrected chi connectivity index (χ3v) is 4.01. The summed E-state index contributed by atoms with van der Waals surface area (Å²) in [6.45, 7) is 3.45. The minimum atomic E-state index is 0.202. The highest BCUT2D eigenvalue weighted by molar-refractivity contribution is 5.27. The average Bonchev–Trinajstić information content (AvgIpc) is 2.76. The van der Waals surface area contributed by atoms with Gasteiger partial charge in [-0.1, -0.05) is 13.3 Å². The van der Waals surface area contributed by atoms with Crippen molar-refractivity contribution in [1.29, 1.82) is 0 Å². The van der Waals surface area contributed by atoms with Crippen molar-refractivity contribution in [3.8, 4) is 0 Å². The minimum absolute atomic E-state index is 0.202. The number of aromatic nitrogens is 2. The lowest BCUT2D eigenvalue weighted by molar-refractivity contribution is 0.242. The second-order valence-electron chi connectivity index (χ2n) is 4.67. The van der Waals surface area contributed by atoms with E-state index in [1.54, 1.807) is 0 Å². The van der Waals surface area contributed by atoms with E-state index in [9.17, 15) is 0 Å². The second-order valence-corrected chi connectivity index (χ2v) is 4.67. The maximum Gasteiger partial charge on any atom is 0.0926 e. The van der Waals surface area contributed by atoms with Gasteiger partial charge in [0.15, 0.2) is 0 Å². The largest absolute Gasteiger partial charge is 0.348 e. The highest BCUT2D eigenvalue weighted by atomic mass is 15.1. The zero-order chi connectivity index (χ0) is 9.60. The van der Waals surface area contributed by atoms with Gasteiger partial charge in [0, 0.05) is 18.7 Å². The molecule has 0 aromatic carbocycles. The van der Waals surface area contributed by atoms with Crippen LogP contribution in [0.3, 0.4) is 0 Å². The van der Waals surface area contributed by atoms with Crippen molar-refractivity contribution in [3.63, 3.8) is 0 Å². The first-order chi connectivity index (χ1) is 6.83. The van der Waals surface area contributed by atoms with Crippen LogP contribution >= 0.6 is 0 Å². The molecule has 3 heteroatoms. The quantitative estimate of drug-likeness (QED) is 0.653. The number of hydrogen-bond donors (Lipinski definition) is 2. The van der Waals surface area contributed by atoms with Crippen molar-refractivity contribution in [2.75, 3.05) is 6.54 Å². The number of H-pyrrole nitrogens is 1. The van der Waals surface area contributed by atoms with Gasteiger partial charge in [0.05, 0.1) is 17.6 Å². The van der Waals surface area contributed by atoms with Crippen LogP contribution in [0.15, 0.2) is 6.33 Å². The van der Waals surface area contributed by atoms with Gasteiger partial charge >= 0.3 is 0 Å². The molecule has 2 N–H and O–H groups in total. The van der Waals surface area contributed by atoms with E-state index >= 15 is 0 Å². The molecule has 0 saturated heterocycles. The third-order valence-electron chi connectivity index (χ3n) is 4.01. The van der Waals surface area contributed by atoms with Gasteiger partial charge in [-0.15, -0.1) is 0 Å². The molecule has 14 heavy (non-hydrogen) atoms. The summed E-state index contributed by atoms with van der Waals surface area (Å²) in [4.78, 5) is 7.80. The van der Waals surface area contributed by atoms with E-state index in [0.29, 0.717) is 0 Å². The van der Waals surface area contributed by atoms with Crippen LogP contribution < -0.4 is 5.32 Å². The van der Waals surface area contributed by atoms with Gasteiger partial charge in [0.2, 0.25) is 0 Å². The van der Waals surface area contributed by atoms with Gasteiger partial charge in [0.1, 0.15) is 0 Å². The molecule has 2 aliphatic rings. The van der Waals surface area contributed by atoms with Gasteiger partial charge in [0.25, 0.3) is 0 Å².